The van der Waals surface area contributed by atoms with Crippen LogP contribution in [-0.2, 0) is 23.9 Å². The lowest BCUT2D eigenvalue weighted by atomic mass is 9.73. The van der Waals surface area contributed by atoms with Gasteiger partial charge in [0, 0.05) is 11.8 Å². The Morgan fingerprint density at radius 3 is 0.844 bits per heavy atom. The molecule has 0 aliphatic rings. The van der Waals surface area contributed by atoms with Crippen molar-refractivity contribution in [3.63, 3.8) is 0 Å². The molecule has 0 unspecified atom stereocenters. The van der Waals surface area contributed by atoms with E-state index in [1.165, 1.54) is 0 Å². The van der Waals surface area contributed by atoms with E-state index in [2.05, 4.69) is 20.0 Å². The summed E-state index contributed by atoms with van der Waals surface area (Å²) in [6, 6.07) is 37.5. The molecule has 9 nitrogen and oxygen atoms in total. The molecule has 4 rings (SSSR count). The average Bonchev–Trinajstić information content (AvgIpc) is 3.10. The van der Waals surface area contributed by atoms with Gasteiger partial charge in [0.25, 0.3) is 0 Å². The molecule has 4 aromatic rings. The van der Waals surface area contributed by atoms with E-state index in [0.717, 1.165) is 22.3 Å². The van der Waals surface area contributed by atoms with Gasteiger partial charge in [-0.3, -0.25) is 0 Å². The molecule has 0 heterocycles. The highest BCUT2D eigenvalue weighted by molar-refractivity contribution is 5.43. The standard InChI is InChI=1S/C36H30N4O5/c41-25-37-21-35(22-38-26-42,33(29-13-5-1-6-14-29)30-15-7-2-8-16-30)45-36(23-39-27-43,24-40-28-44)34(31-17-9-3-10-18-31)32-19-11-4-12-20-32/h1-20,33-34H,21-24H2. The molecule has 45 heavy (non-hydrogen) atoms. The van der Waals surface area contributed by atoms with Crippen molar-refractivity contribution in [1.82, 2.24) is 0 Å². The number of carbonyl (C=O) groups excluding carboxylic acids is 4. The van der Waals surface area contributed by atoms with E-state index >= 15 is 0 Å². The van der Waals surface area contributed by atoms with Crippen molar-refractivity contribution in [1.29, 1.82) is 0 Å². The topological polar surface area (TPSA) is 127 Å². The van der Waals surface area contributed by atoms with Crippen LogP contribution in [0.3, 0.4) is 0 Å². The minimum absolute atomic E-state index is 0.302. The van der Waals surface area contributed by atoms with E-state index in [0.29, 0.717) is 0 Å². The lowest BCUT2D eigenvalue weighted by Gasteiger charge is -2.48. The van der Waals surface area contributed by atoms with E-state index in [1.807, 2.05) is 121 Å². The van der Waals surface area contributed by atoms with Crippen molar-refractivity contribution >= 4 is 24.3 Å². The van der Waals surface area contributed by atoms with Crippen molar-refractivity contribution in [2.24, 2.45) is 20.0 Å². The van der Waals surface area contributed by atoms with Gasteiger partial charge < -0.3 is 4.74 Å². The molecular formula is C36H30N4O5. The van der Waals surface area contributed by atoms with Gasteiger partial charge in [-0.05, 0) is 22.3 Å². The third-order valence-corrected chi connectivity index (χ3v) is 7.64. The molecule has 0 saturated carbocycles. The first-order chi connectivity index (χ1) is 22.1. The van der Waals surface area contributed by atoms with Gasteiger partial charge in [-0.25, -0.2) is 39.1 Å². The van der Waals surface area contributed by atoms with Crippen LogP contribution in [0.1, 0.15) is 34.1 Å². The number of isocyanates is 4. The van der Waals surface area contributed by atoms with E-state index in [-0.39, 0.29) is 26.2 Å². The second-order valence-electron chi connectivity index (χ2n) is 10.4. The maximum atomic E-state index is 11.7. The van der Waals surface area contributed by atoms with Gasteiger partial charge in [0.1, 0.15) is 11.2 Å². The van der Waals surface area contributed by atoms with Crippen LogP contribution in [0.2, 0.25) is 0 Å². The normalized spacial score (nSPS) is 13.2. The number of hydrogen-bond donors (Lipinski definition) is 0. The molecule has 0 fully saturated rings. The molecule has 0 saturated heterocycles. The largest absolute Gasteiger partial charge is 0.359 e. The minimum Gasteiger partial charge on any atom is -0.359 e. The predicted molar refractivity (Wildman–Crippen MR) is 168 cm³/mol. The van der Waals surface area contributed by atoms with Gasteiger partial charge in [-0.15, -0.1) is 0 Å². The van der Waals surface area contributed by atoms with Crippen LogP contribution in [-0.4, -0.2) is 61.7 Å². The second kappa shape index (κ2) is 16.3. The number of hydrogen-bond acceptors (Lipinski definition) is 9. The minimum atomic E-state index is -1.59. The zero-order valence-corrected chi connectivity index (χ0v) is 24.4. The van der Waals surface area contributed by atoms with E-state index in [9.17, 15) is 19.2 Å². The Bertz CT molecular complexity index is 1460. The molecule has 0 radical (unpaired) electrons. The van der Waals surface area contributed by atoms with Gasteiger partial charge in [-0.2, -0.15) is 0 Å². The second-order valence-corrected chi connectivity index (χ2v) is 10.4. The van der Waals surface area contributed by atoms with E-state index in [1.54, 1.807) is 24.3 Å². The quantitative estimate of drug-likeness (QED) is 0.125. The van der Waals surface area contributed by atoms with Crippen LogP contribution in [0.15, 0.2) is 141 Å². The van der Waals surface area contributed by atoms with Crippen LogP contribution in [0.5, 0.6) is 0 Å². The summed E-state index contributed by atoms with van der Waals surface area (Å²) in [6.45, 7) is -1.21. The third kappa shape index (κ3) is 7.85. The summed E-state index contributed by atoms with van der Waals surface area (Å²) < 4.78 is 7.29. The summed E-state index contributed by atoms with van der Waals surface area (Å²) in [5.41, 5.74) is -0.0871. The first kappa shape index (κ1) is 32.3. The van der Waals surface area contributed by atoms with Gasteiger partial charge >= 0.3 is 0 Å². The van der Waals surface area contributed by atoms with Crippen molar-refractivity contribution in [2.75, 3.05) is 26.2 Å². The Balaban J connectivity index is 2.12. The Labute approximate surface area is 260 Å². The molecule has 0 aromatic heterocycles. The summed E-state index contributed by atoms with van der Waals surface area (Å²) in [7, 11) is 0. The predicted octanol–water partition coefficient (Wildman–Crippen LogP) is 5.49. The molecule has 0 aliphatic carbocycles. The third-order valence-electron chi connectivity index (χ3n) is 7.64. The molecule has 0 N–H and O–H groups in total. The molecular weight excluding hydrogens is 568 g/mol. The molecule has 4 aromatic carbocycles. The lowest BCUT2D eigenvalue weighted by Crippen LogP contribution is -2.58. The van der Waals surface area contributed by atoms with E-state index < -0.39 is 23.0 Å². The van der Waals surface area contributed by atoms with Crippen LogP contribution < -0.4 is 0 Å². The summed E-state index contributed by atoms with van der Waals surface area (Å²) in [5, 5.41) is 0. The highest BCUT2D eigenvalue weighted by Crippen LogP contribution is 2.46. The van der Waals surface area contributed by atoms with Gasteiger partial charge in [0.15, 0.2) is 0 Å². The van der Waals surface area contributed by atoms with Crippen molar-refractivity contribution in [3.05, 3.63) is 144 Å². The summed E-state index contributed by atoms with van der Waals surface area (Å²) in [4.78, 5) is 62.8. The number of nitrogens with zero attached hydrogens (tertiary/aromatic N) is 4. The van der Waals surface area contributed by atoms with Crippen LogP contribution >= 0.6 is 0 Å². The summed E-state index contributed by atoms with van der Waals surface area (Å²) >= 11 is 0. The Hall–Kier alpha value is -5.64. The highest BCUT2D eigenvalue weighted by atomic mass is 16.5. The van der Waals surface area contributed by atoms with Gasteiger partial charge in [-0.1, -0.05) is 121 Å². The lowest BCUT2D eigenvalue weighted by molar-refractivity contribution is -0.152. The molecule has 224 valence electrons. The Kier molecular flexibility index (Phi) is 11.7. The molecule has 0 atom stereocenters. The molecule has 0 amide bonds. The Morgan fingerprint density at radius 1 is 0.422 bits per heavy atom. The first-order valence-corrected chi connectivity index (χ1v) is 14.2. The molecule has 0 bridgehead atoms. The number of ether oxygens (including phenoxy) is 1. The van der Waals surface area contributed by atoms with Crippen LogP contribution in [0.4, 0.5) is 0 Å². The maximum Gasteiger partial charge on any atom is 0.235 e. The summed E-state index contributed by atoms with van der Waals surface area (Å²) in [5.74, 6) is -1.36. The first-order valence-electron chi connectivity index (χ1n) is 14.2. The monoisotopic (exact) mass is 598 g/mol. The fourth-order valence-corrected chi connectivity index (χ4v) is 5.96. The van der Waals surface area contributed by atoms with Crippen LogP contribution in [0, 0.1) is 0 Å². The zero-order valence-electron chi connectivity index (χ0n) is 24.4. The molecule has 0 spiro atoms. The number of rotatable bonds is 16. The molecule has 9 heteroatoms. The smallest absolute Gasteiger partial charge is 0.235 e. The van der Waals surface area contributed by atoms with Crippen molar-refractivity contribution < 1.29 is 23.9 Å². The highest BCUT2D eigenvalue weighted by Gasteiger charge is 2.52. The van der Waals surface area contributed by atoms with E-state index in [4.69, 9.17) is 4.74 Å². The summed E-state index contributed by atoms with van der Waals surface area (Å²) in [6.07, 6.45) is 6.42. The Morgan fingerprint density at radius 2 is 0.644 bits per heavy atom. The van der Waals surface area contributed by atoms with Crippen molar-refractivity contribution in [2.45, 2.75) is 23.0 Å². The maximum absolute atomic E-state index is 11.7. The van der Waals surface area contributed by atoms with Crippen molar-refractivity contribution in [3.8, 4) is 0 Å². The zero-order chi connectivity index (χ0) is 31.8. The SMILES string of the molecule is O=C=NCC(CN=C=O)(OC(CN=C=O)(CN=C=O)C(c1ccccc1)c1ccccc1)C(c1ccccc1)c1ccccc1. The number of benzene rings is 4. The van der Waals surface area contributed by atoms with Gasteiger partial charge in [0.2, 0.25) is 24.3 Å². The average molecular weight is 599 g/mol. The number of aliphatic imine (C=N–C) groups is 4. The fraction of sp³-hybridized carbons (Fsp3) is 0.222. The molecule has 0 aliphatic heterocycles. The fourth-order valence-electron chi connectivity index (χ4n) is 5.96. The van der Waals surface area contributed by atoms with Gasteiger partial charge in [0.05, 0.1) is 26.2 Å². The van der Waals surface area contributed by atoms with Crippen LogP contribution in [0.25, 0.3) is 0 Å².